The van der Waals surface area contributed by atoms with Crippen molar-refractivity contribution in [2.75, 3.05) is 20.2 Å². The van der Waals surface area contributed by atoms with Crippen LogP contribution in [0.5, 0.6) is 0 Å². The van der Waals surface area contributed by atoms with Gasteiger partial charge in [0, 0.05) is 29.6 Å². The summed E-state index contributed by atoms with van der Waals surface area (Å²) in [7, 11) is 1.34. The third-order valence-corrected chi connectivity index (χ3v) is 5.10. The van der Waals surface area contributed by atoms with Crippen LogP contribution in [0.25, 0.3) is 0 Å². The molecule has 0 spiro atoms. The molecule has 0 N–H and O–H groups in total. The summed E-state index contributed by atoms with van der Waals surface area (Å²) in [5.41, 5.74) is 2.25. The molecule has 2 aromatic carbocycles. The SMILES string of the molecule is COC(=O)c1ccc(C(=O)N2CCCC[C@H](c3ccc(Cl)cc3)C2)cc1. The van der Waals surface area contributed by atoms with Crippen LogP contribution < -0.4 is 0 Å². The van der Waals surface area contributed by atoms with E-state index >= 15 is 0 Å². The zero-order chi connectivity index (χ0) is 18.5. The highest BCUT2D eigenvalue weighted by Gasteiger charge is 2.24. The van der Waals surface area contributed by atoms with Gasteiger partial charge in [-0.3, -0.25) is 4.79 Å². The summed E-state index contributed by atoms with van der Waals surface area (Å²) in [6.07, 6.45) is 3.15. The molecule has 1 aliphatic rings. The minimum absolute atomic E-state index is 0.00211. The van der Waals surface area contributed by atoms with Crippen LogP contribution in [0.15, 0.2) is 48.5 Å². The molecule has 0 unspecified atom stereocenters. The Morgan fingerprint density at radius 3 is 2.31 bits per heavy atom. The van der Waals surface area contributed by atoms with Crippen molar-refractivity contribution < 1.29 is 14.3 Å². The summed E-state index contributed by atoms with van der Waals surface area (Å²) in [4.78, 5) is 26.4. The van der Waals surface area contributed by atoms with Gasteiger partial charge < -0.3 is 9.64 Å². The van der Waals surface area contributed by atoms with Gasteiger partial charge >= 0.3 is 5.97 Å². The number of carbonyl (C=O) groups excluding carboxylic acids is 2. The van der Waals surface area contributed by atoms with Crippen LogP contribution in [0.3, 0.4) is 0 Å². The summed E-state index contributed by atoms with van der Waals surface area (Å²) in [5.74, 6) is -0.0862. The molecule has 0 aliphatic carbocycles. The van der Waals surface area contributed by atoms with E-state index in [9.17, 15) is 9.59 Å². The van der Waals surface area contributed by atoms with Gasteiger partial charge in [0.25, 0.3) is 5.91 Å². The van der Waals surface area contributed by atoms with E-state index in [0.717, 1.165) is 30.8 Å². The number of methoxy groups -OCH3 is 1. The highest BCUT2D eigenvalue weighted by Crippen LogP contribution is 2.28. The number of hydrogen-bond donors (Lipinski definition) is 0. The third kappa shape index (κ3) is 4.25. The number of hydrogen-bond acceptors (Lipinski definition) is 3. The predicted octanol–water partition coefficient (Wildman–Crippen LogP) is 4.54. The molecule has 1 aliphatic heterocycles. The fourth-order valence-corrected chi connectivity index (χ4v) is 3.51. The smallest absolute Gasteiger partial charge is 0.337 e. The molecular weight excluding hydrogens is 350 g/mol. The molecule has 4 nitrogen and oxygen atoms in total. The molecule has 136 valence electrons. The number of nitrogens with zero attached hydrogens (tertiary/aromatic N) is 1. The summed E-state index contributed by atoms with van der Waals surface area (Å²) < 4.78 is 4.70. The molecular formula is C21H22ClNO3. The standard InChI is InChI=1S/C21H22ClNO3/c1-26-21(25)17-7-5-16(6-8-17)20(24)23-13-3-2-4-18(14-23)15-9-11-19(22)12-10-15/h5-12,18H,2-4,13-14H2,1H3/t18-/m0/s1. The zero-order valence-corrected chi connectivity index (χ0v) is 15.5. The Hall–Kier alpha value is -2.33. The number of rotatable bonds is 3. The Bertz CT molecular complexity index is 771. The lowest BCUT2D eigenvalue weighted by Gasteiger charge is -2.25. The molecule has 3 rings (SSSR count). The molecule has 1 heterocycles. The largest absolute Gasteiger partial charge is 0.465 e. The van der Waals surface area contributed by atoms with Gasteiger partial charge in [-0.25, -0.2) is 4.79 Å². The molecule has 0 bridgehead atoms. The fraction of sp³-hybridized carbons (Fsp3) is 0.333. The molecule has 5 heteroatoms. The number of carbonyl (C=O) groups is 2. The second kappa shape index (κ2) is 8.37. The first-order chi connectivity index (χ1) is 12.6. The van der Waals surface area contributed by atoms with E-state index < -0.39 is 5.97 Å². The summed E-state index contributed by atoms with van der Waals surface area (Å²) in [6.45, 7) is 1.45. The molecule has 0 saturated carbocycles. The molecule has 1 fully saturated rings. The van der Waals surface area contributed by atoms with Crippen LogP contribution in [0.4, 0.5) is 0 Å². The van der Waals surface area contributed by atoms with Crippen LogP contribution in [0.2, 0.25) is 5.02 Å². The number of likely N-dealkylation sites (tertiary alicyclic amines) is 1. The molecule has 2 aromatic rings. The molecule has 26 heavy (non-hydrogen) atoms. The minimum atomic E-state index is -0.401. The topological polar surface area (TPSA) is 46.6 Å². The maximum atomic E-state index is 12.9. The van der Waals surface area contributed by atoms with Crippen molar-refractivity contribution in [3.63, 3.8) is 0 Å². The van der Waals surface area contributed by atoms with Crippen molar-refractivity contribution in [1.29, 1.82) is 0 Å². The Morgan fingerprint density at radius 2 is 1.65 bits per heavy atom. The first kappa shape index (κ1) is 18.5. The lowest BCUT2D eigenvalue weighted by atomic mass is 9.94. The summed E-state index contributed by atoms with van der Waals surface area (Å²) in [5, 5.41) is 0.723. The van der Waals surface area contributed by atoms with Gasteiger partial charge in [-0.2, -0.15) is 0 Å². The Labute approximate surface area is 158 Å². The molecule has 1 saturated heterocycles. The molecule has 0 radical (unpaired) electrons. The van der Waals surface area contributed by atoms with E-state index in [1.807, 2.05) is 29.2 Å². The normalized spacial score (nSPS) is 17.5. The maximum Gasteiger partial charge on any atom is 0.337 e. The Morgan fingerprint density at radius 1 is 1.00 bits per heavy atom. The van der Waals surface area contributed by atoms with Crippen LogP contribution in [0.1, 0.15) is 51.5 Å². The highest BCUT2D eigenvalue weighted by molar-refractivity contribution is 6.30. The van der Waals surface area contributed by atoms with Gasteiger partial charge in [0.15, 0.2) is 0 Å². The van der Waals surface area contributed by atoms with E-state index in [1.165, 1.54) is 12.7 Å². The number of esters is 1. The fourth-order valence-electron chi connectivity index (χ4n) is 3.38. The van der Waals surface area contributed by atoms with Gasteiger partial charge in [0.1, 0.15) is 0 Å². The van der Waals surface area contributed by atoms with Crippen molar-refractivity contribution >= 4 is 23.5 Å². The van der Waals surface area contributed by atoms with E-state index in [2.05, 4.69) is 0 Å². The van der Waals surface area contributed by atoms with Crippen LogP contribution in [0, 0.1) is 0 Å². The monoisotopic (exact) mass is 371 g/mol. The number of benzene rings is 2. The third-order valence-electron chi connectivity index (χ3n) is 4.85. The van der Waals surface area contributed by atoms with E-state index in [1.54, 1.807) is 24.3 Å². The predicted molar refractivity (Wildman–Crippen MR) is 102 cm³/mol. The van der Waals surface area contributed by atoms with Gasteiger partial charge in [-0.15, -0.1) is 0 Å². The van der Waals surface area contributed by atoms with Crippen LogP contribution in [-0.4, -0.2) is 37.0 Å². The second-order valence-corrected chi connectivity index (χ2v) is 7.00. The van der Waals surface area contributed by atoms with E-state index in [-0.39, 0.29) is 5.91 Å². The van der Waals surface area contributed by atoms with Gasteiger partial charge in [-0.05, 0) is 54.8 Å². The number of amides is 1. The molecule has 1 atom stereocenters. The van der Waals surface area contributed by atoms with Gasteiger partial charge in [0.05, 0.1) is 12.7 Å². The number of ether oxygens (including phenoxy) is 1. The van der Waals surface area contributed by atoms with Crippen LogP contribution >= 0.6 is 11.6 Å². The highest BCUT2D eigenvalue weighted by atomic mass is 35.5. The van der Waals surface area contributed by atoms with Crippen molar-refractivity contribution in [1.82, 2.24) is 4.90 Å². The number of halogens is 1. The first-order valence-electron chi connectivity index (χ1n) is 8.81. The lowest BCUT2D eigenvalue weighted by Crippen LogP contribution is -2.34. The quantitative estimate of drug-likeness (QED) is 0.744. The van der Waals surface area contributed by atoms with Crippen molar-refractivity contribution in [2.45, 2.75) is 25.2 Å². The average molecular weight is 372 g/mol. The zero-order valence-electron chi connectivity index (χ0n) is 14.8. The first-order valence-corrected chi connectivity index (χ1v) is 9.19. The molecule has 0 aromatic heterocycles. The van der Waals surface area contributed by atoms with E-state index in [0.29, 0.717) is 23.6 Å². The Kier molecular flexibility index (Phi) is 5.94. The van der Waals surface area contributed by atoms with E-state index in [4.69, 9.17) is 16.3 Å². The summed E-state index contributed by atoms with van der Waals surface area (Å²) >= 11 is 5.99. The van der Waals surface area contributed by atoms with Crippen molar-refractivity contribution in [3.05, 3.63) is 70.2 Å². The lowest BCUT2D eigenvalue weighted by molar-refractivity contribution is 0.0599. The average Bonchev–Trinajstić information content (AvgIpc) is 2.94. The van der Waals surface area contributed by atoms with Crippen molar-refractivity contribution in [2.24, 2.45) is 0 Å². The maximum absolute atomic E-state index is 12.9. The second-order valence-electron chi connectivity index (χ2n) is 6.56. The van der Waals surface area contributed by atoms with Gasteiger partial charge in [-0.1, -0.05) is 30.2 Å². The molecule has 1 amide bonds. The van der Waals surface area contributed by atoms with Crippen molar-refractivity contribution in [3.8, 4) is 0 Å². The minimum Gasteiger partial charge on any atom is -0.465 e. The van der Waals surface area contributed by atoms with Gasteiger partial charge in [0.2, 0.25) is 0 Å². The van der Waals surface area contributed by atoms with Crippen LogP contribution in [-0.2, 0) is 4.74 Å². The Balaban J connectivity index is 1.75. The summed E-state index contributed by atoms with van der Waals surface area (Å²) in [6, 6.07) is 14.5.